The fraction of sp³-hybridized carbons (Fsp3) is 0.600. The monoisotopic (exact) mass is 360 g/mol. The van der Waals surface area contributed by atoms with Gasteiger partial charge in [-0.05, 0) is 69.2 Å². The fourth-order valence-corrected chi connectivity index (χ4v) is 4.43. The van der Waals surface area contributed by atoms with Gasteiger partial charge in [-0.25, -0.2) is 4.79 Å². The molecule has 6 heteroatoms. The van der Waals surface area contributed by atoms with Gasteiger partial charge in [0.25, 0.3) is 0 Å². The second kappa shape index (κ2) is 6.67. The smallest absolute Gasteiger partial charge is 0.314 e. The first-order valence-corrected chi connectivity index (χ1v) is 9.29. The van der Waals surface area contributed by atoms with Gasteiger partial charge < -0.3 is 20.8 Å². The normalized spacial score (nSPS) is 26.2. The van der Waals surface area contributed by atoms with Crippen LogP contribution in [0.3, 0.4) is 0 Å². The molecule has 142 valence electrons. The van der Waals surface area contributed by atoms with E-state index in [2.05, 4.69) is 17.6 Å². The second-order valence-corrected chi connectivity index (χ2v) is 7.71. The van der Waals surface area contributed by atoms with Crippen molar-refractivity contribution in [2.45, 2.75) is 52.1 Å². The predicted molar refractivity (Wildman–Crippen MR) is 98.5 cm³/mol. The Hall–Kier alpha value is -1.92. The van der Waals surface area contributed by atoms with Crippen LogP contribution in [0.1, 0.15) is 46.5 Å². The van der Waals surface area contributed by atoms with E-state index >= 15 is 0 Å². The van der Waals surface area contributed by atoms with E-state index in [0.29, 0.717) is 12.1 Å². The van der Waals surface area contributed by atoms with E-state index in [1.54, 1.807) is 6.92 Å². The molecule has 3 rings (SSSR count). The number of nitrogens with one attached hydrogen (secondary N) is 2. The molecule has 0 unspecified atom stereocenters. The fourth-order valence-electron chi connectivity index (χ4n) is 4.43. The standard InChI is InChI=1S/C20H28N2O4/c1-12-11-15-16(13(2)20(6-7-20)19(3,26)17(15)24)14(12)5-4-8-21-18(25)22-9-10-23/h11,23,26H,4-10H2,1-3H3,(H2,21,22,25)/t19-/m0/s1. The number of urea groups is 1. The number of rotatable bonds is 6. The van der Waals surface area contributed by atoms with Crippen LogP contribution < -0.4 is 10.6 Å². The molecule has 0 bridgehead atoms. The Morgan fingerprint density at radius 3 is 2.50 bits per heavy atom. The maximum absolute atomic E-state index is 12.9. The highest BCUT2D eigenvalue weighted by Gasteiger charge is 2.64. The summed E-state index contributed by atoms with van der Waals surface area (Å²) in [6, 6.07) is -0.286. The van der Waals surface area contributed by atoms with Crippen molar-refractivity contribution in [3.63, 3.8) is 0 Å². The van der Waals surface area contributed by atoms with Crippen LogP contribution in [0.15, 0.2) is 33.9 Å². The van der Waals surface area contributed by atoms with E-state index in [0.717, 1.165) is 48.0 Å². The number of hydrogen-bond acceptors (Lipinski definition) is 4. The molecular weight excluding hydrogens is 332 g/mol. The van der Waals surface area contributed by atoms with E-state index in [-0.39, 0.29) is 25.0 Å². The summed E-state index contributed by atoms with van der Waals surface area (Å²) in [5, 5.41) is 24.9. The van der Waals surface area contributed by atoms with Crippen molar-refractivity contribution < 1.29 is 19.8 Å². The van der Waals surface area contributed by atoms with Crippen LogP contribution in [0.5, 0.6) is 0 Å². The van der Waals surface area contributed by atoms with E-state index in [1.807, 2.05) is 13.0 Å². The molecule has 1 saturated carbocycles. The van der Waals surface area contributed by atoms with Gasteiger partial charge in [0.15, 0.2) is 5.78 Å². The van der Waals surface area contributed by atoms with E-state index < -0.39 is 11.0 Å². The molecule has 0 aliphatic heterocycles. The van der Waals surface area contributed by atoms with Crippen LogP contribution >= 0.6 is 0 Å². The minimum Gasteiger partial charge on any atom is -0.395 e. The number of ketones is 1. The highest BCUT2D eigenvalue weighted by Crippen LogP contribution is 2.65. The summed E-state index contributed by atoms with van der Waals surface area (Å²) in [5.74, 6) is -0.161. The lowest BCUT2D eigenvalue weighted by Gasteiger charge is -2.39. The molecule has 3 aliphatic rings. The molecule has 6 nitrogen and oxygen atoms in total. The molecule has 26 heavy (non-hydrogen) atoms. The van der Waals surface area contributed by atoms with Gasteiger partial charge in [0, 0.05) is 24.1 Å². The third-order valence-electron chi connectivity index (χ3n) is 6.16. The van der Waals surface area contributed by atoms with Gasteiger partial charge in [0.1, 0.15) is 5.60 Å². The van der Waals surface area contributed by atoms with Crippen LogP contribution in [0.2, 0.25) is 0 Å². The van der Waals surface area contributed by atoms with Crippen LogP contribution in [-0.4, -0.2) is 47.3 Å². The van der Waals surface area contributed by atoms with Crippen molar-refractivity contribution in [2.75, 3.05) is 19.7 Å². The molecule has 1 spiro atoms. The highest BCUT2D eigenvalue weighted by atomic mass is 16.3. The van der Waals surface area contributed by atoms with Crippen molar-refractivity contribution in [1.29, 1.82) is 0 Å². The molecular formula is C20H28N2O4. The van der Waals surface area contributed by atoms with E-state index in [4.69, 9.17) is 5.11 Å². The molecule has 1 fully saturated rings. The number of aliphatic hydroxyl groups is 2. The number of aliphatic hydroxyl groups excluding tert-OH is 1. The molecule has 0 saturated heterocycles. The molecule has 3 aliphatic carbocycles. The summed E-state index contributed by atoms with van der Waals surface area (Å²) >= 11 is 0. The summed E-state index contributed by atoms with van der Waals surface area (Å²) in [4.78, 5) is 24.4. The minimum atomic E-state index is -1.31. The molecule has 0 aromatic rings. The van der Waals surface area contributed by atoms with Crippen LogP contribution in [0.25, 0.3) is 0 Å². The van der Waals surface area contributed by atoms with Crippen LogP contribution in [0, 0.1) is 5.41 Å². The van der Waals surface area contributed by atoms with Gasteiger partial charge >= 0.3 is 6.03 Å². The molecule has 0 heterocycles. The molecule has 1 atom stereocenters. The van der Waals surface area contributed by atoms with Gasteiger partial charge in [-0.2, -0.15) is 0 Å². The van der Waals surface area contributed by atoms with Gasteiger partial charge in [0.05, 0.1) is 6.61 Å². The van der Waals surface area contributed by atoms with Crippen LogP contribution in [-0.2, 0) is 4.79 Å². The maximum atomic E-state index is 12.9. The van der Waals surface area contributed by atoms with Gasteiger partial charge in [-0.15, -0.1) is 0 Å². The number of allylic oxidation sites excluding steroid dienone is 4. The number of Topliss-reactive ketones (excluding diaryl/α,β-unsaturated/α-hetero) is 1. The van der Waals surface area contributed by atoms with Gasteiger partial charge in [-0.1, -0.05) is 5.57 Å². The third-order valence-corrected chi connectivity index (χ3v) is 6.16. The minimum absolute atomic E-state index is 0.0824. The summed E-state index contributed by atoms with van der Waals surface area (Å²) in [5.41, 5.74) is 3.33. The average molecular weight is 360 g/mol. The summed E-state index contributed by atoms with van der Waals surface area (Å²) in [6.45, 7) is 6.39. The Bertz CT molecular complexity index is 739. The third kappa shape index (κ3) is 2.81. The molecule has 0 aromatic carbocycles. The maximum Gasteiger partial charge on any atom is 0.314 e. The van der Waals surface area contributed by atoms with Crippen molar-refractivity contribution >= 4 is 11.8 Å². The Kier molecular flexibility index (Phi) is 4.84. The number of fused-ring (bicyclic) bond motifs is 1. The van der Waals surface area contributed by atoms with Crippen molar-refractivity contribution in [2.24, 2.45) is 5.41 Å². The topological polar surface area (TPSA) is 98.7 Å². The Labute approximate surface area is 154 Å². The SMILES string of the molecule is CC1=C(CCCNC(=O)NCCO)C2=C(C)C3(CC3)[C@@](C)(O)C(=O)C2=C1. The number of amides is 2. The average Bonchev–Trinajstić information content (AvgIpc) is 3.35. The number of hydrogen-bond donors (Lipinski definition) is 4. The second-order valence-electron chi connectivity index (χ2n) is 7.71. The van der Waals surface area contributed by atoms with E-state index in [9.17, 15) is 14.7 Å². The molecule has 0 radical (unpaired) electrons. The lowest BCUT2D eigenvalue weighted by molar-refractivity contribution is -0.137. The number of carbonyl (C=O) groups excluding carboxylic acids is 2. The first-order valence-electron chi connectivity index (χ1n) is 9.29. The number of carbonyl (C=O) groups is 2. The summed E-state index contributed by atoms with van der Waals surface area (Å²) in [6.07, 6.45) is 5.14. The molecule has 4 N–H and O–H groups in total. The van der Waals surface area contributed by atoms with Crippen molar-refractivity contribution in [3.05, 3.63) is 33.9 Å². The Morgan fingerprint density at radius 2 is 1.88 bits per heavy atom. The molecule has 0 aromatic heterocycles. The summed E-state index contributed by atoms with van der Waals surface area (Å²) < 4.78 is 0. The Balaban J connectivity index is 1.70. The Morgan fingerprint density at radius 1 is 1.23 bits per heavy atom. The van der Waals surface area contributed by atoms with Crippen molar-refractivity contribution in [3.8, 4) is 0 Å². The van der Waals surface area contributed by atoms with Gasteiger partial charge in [0.2, 0.25) is 0 Å². The zero-order valence-electron chi connectivity index (χ0n) is 15.7. The van der Waals surface area contributed by atoms with Gasteiger partial charge in [-0.3, -0.25) is 4.79 Å². The van der Waals surface area contributed by atoms with Crippen molar-refractivity contribution in [1.82, 2.24) is 10.6 Å². The first kappa shape index (κ1) is 18.9. The van der Waals surface area contributed by atoms with E-state index in [1.165, 1.54) is 0 Å². The lowest BCUT2D eigenvalue weighted by Crippen LogP contribution is -2.49. The van der Waals surface area contributed by atoms with Crippen LogP contribution in [0.4, 0.5) is 4.79 Å². The lowest BCUT2D eigenvalue weighted by atomic mass is 9.67. The first-order chi connectivity index (χ1) is 12.3. The zero-order valence-corrected chi connectivity index (χ0v) is 15.7. The molecule has 2 amide bonds. The largest absolute Gasteiger partial charge is 0.395 e. The summed E-state index contributed by atoms with van der Waals surface area (Å²) in [7, 11) is 0. The zero-order chi connectivity index (χ0) is 19.1. The quantitative estimate of drug-likeness (QED) is 0.542. The predicted octanol–water partition coefficient (Wildman–Crippen LogP) is 1.74. The highest BCUT2D eigenvalue weighted by molar-refractivity contribution is 6.10.